The van der Waals surface area contributed by atoms with Crippen LogP contribution in [-0.2, 0) is 16.0 Å². The maximum Gasteiger partial charge on any atom is 0.237 e. The van der Waals surface area contributed by atoms with Crippen molar-refractivity contribution in [1.82, 2.24) is 9.80 Å². The van der Waals surface area contributed by atoms with E-state index in [2.05, 4.69) is 40.3 Å². The molecule has 1 aromatic carbocycles. The lowest BCUT2D eigenvalue weighted by Gasteiger charge is -2.38. The average Bonchev–Trinajstić information content (AvgIpc) is 3.17. The quantitative estimate of drug-likeness (QED) is 0.823. The molecule has 2 unspecified atom stereocenters. The van der Waals surface area contributed by atoms with Crippen LogP contribution in [0.1, 0.15) is 41.5 Å². The van der Waals surface area contributed by atoms with Crippen LogP contribution >= 0.6 is 11.3 Å². The van der Waals surface area contributed by atoms with Gasteiger partial charge in [-0.15, -0.1) is 11.3 Å². The number of rotatable bonds is 4. The van der Waals surface area contributed by atoms with E-state index in [4.69, 9.17) is 4.74 Å². The minimum atomic E-state index is 0.0598. The first-order valence-corrected chi connectivity index (χ1v) is 10.4. The Hall–Kier alpha value is -1.69. The van der Waals surface area contributed by atoms with E-state index in [9.17, 15) is 4.79 Å². The van der Waals surface area contributed by atoms with Crippen LogP contribution in [0.2, 0.25) is 0 Å². The van der Waals surface area contributed by atoms with Gasteiger partial charge in [0.2, 0.25) is 5.91 Å². The Labute approximate surface area is 159 Å². The number of nitrogens with zero attached hydrogens (tertiary/aromatic N) is 2. The largest absolute Gasteiger partial charge is 0.371 e. The minimum absolute atomic E-state index is 0.0598. The second kappa shape index (κ2) is 7.91. The van der Waals surface area contributed by atoms with Crippen molar-refractivity contribution in [3.05, 3.63) is 57.8 Å². The number of hydrogen-bond donors (Lipinski definition) is 0. The summed E-state index contributed by atoms with van der Waals surface area (Å²) in [6.45, 7) is 5.80. The highest BCUT2D eigenvalue weighted by atomic mass is 32.1. The molecule has 4 nitrogen and oxygen atoms in total. The molecule has 0 aliphatic carbocycles. The summed E-state index contributed by atoms with van der Waals surface area (Å²) in [7, 11) is 0. The SMILES string of the molecule is CCC1c2ccsc2CCN1C(=O)CN1CCOC(c2ccccc2)C1. The van der Waals surface area contributed by atoms with E-state index in [1.165, 1.54) is 16.0 Å². The van der Waals surface area contributed by atoms with E-state index in [0.29, 0.717) is 13.2 Å². The molecule has 0 spiro atoms. The first-order valence-electron chi connectivity index (χ1n) is 9.51. The summed E-state index contributed by atoms with van der Waals surface area (Å²) in [5, 5.41) is 2.16. The number of thiophene rings is 1. The first kappa shape index (κ1) is 17.7. The molecule has 4 rings (SSSR count). The van der Waals surface area contributed by atoms with Gasteiger partial charge in [-0.1, -0.05) is 37.3 Å². The van der Waals surface area contributed by atoms with Crippen molar-refractivity contribution in [3.8, 4) is 0 Å². The van der Waals surface area contributed by atoms with Crippen LogP contribution in [-0.4, -0.2) is 48.5 Å². The van der Waals surface area contributed by atoms with Crippen molar-refractivity contribution in [1.29, 1.82) is 0 Å². The molecule has 1 aromatic heterocycles. The van der Waals surface area contributed by atoms with Gasteiger partial charge in [0.15, 0.2) is 0 Å². The number of carbonyl (C=O) groups is 1. The predicted molar refractivity (Wildman–Crippen MR) is 104 cm³/mol. The molecule has 2 aliphatic rings. The molecular weight excluding hydrogens is 344 g/mol. The van der Waals surface area contributed by atoms with Crippen LogP contribution in [0.4, 0.5) is 0 Å². The Kier molecular flexibility index (Phi) is 5.38. The van der Waals surface area contributed by atoms with Gasteiger partial charge in [0.1, 0.15) is 0 Å². The van der Waals surface area contributed by atoms with E-state index in [1.54, 1.807) is 0 Å². The molecule has 2 atom stereocenters. The third-order valence-electron chi connectivity index (χ3n) is 5.48. The fourth-order valence-electron chi connectivity index (χ4n) is 4.13. The van der Waals surface area contributed by atoms with E-state index in [-0.39, 0.29) is 18.1 Å². The second-order valence-corrected chi connectivity index (χ2v) is 8.07. The van der Waals surface area contributed by atoms with Crippen LogP contribution in [0.5, 0.6) is 0 Å². The highest BCUT2D eigenvalue weighted by molar-refractivity contribution is 7.10. The fourth-order valence-corrected chi connectivity index (χ4v) is 5.06. The molecule has 5 heteroatoms. The molecule has 26 heavy (non-hydrogen) atoms. The van der Waals surface area contributed by atoms with Crippen LogP contribution < -0.4 is 0 Å². The van der Waals surface area contributed by atoms with Crippen molar-refractivity contribution in [2.24, 2.45) is 0 Å². The van der Waals surface area contributed by atoms with Gasteiger partial charge in [0.25, 0.3) is 0 Å². The zero-order chi connectivity index (χ0) is 17.9. The Balaban J connectivity index is 1.41. The second-order valence-electron chi connectivity index (χ2n) is 7.07. The lowest BCUT2D eigenvalue weighted by Crippen LogP contribution is -2.48. The van der Waals surface area contributed by atoms with E-state index in [1.807, 2.05) is 29.5 Å². The summed E-state index contributed by atoms with van der Waals surface area (Å²) in [6.07, 6.45) is 2.03. The summed E-state index contributed by atoms with van der Waals surface area (Å²) in [5.41, 5.74) is 2.55. The number of morpholine rings is 1. The summed E-state index contributed by atoms with van der Waals surface area (Å²) in [6, 6.07) is 12.8. The lowest BCUT2D eigenvalue weighted by atomic mass is 9.97. The third-order valence-corrected chi connectivity index (χ3v) is 6.48. The van der Waals surface area contributed by atoms with Crippen molar-refractivity contribution in [2.45, 2.75) is 31.9 Å². The number of carbonyl (C=O) groups excluding carboxylic acids is 1. The van der Waals surface area contributed by atoms with Gasteiger partial charge in [0, 0.05) is 24.5 Å². The number of amides is 1. The Morgan fingerprint density at radius 1 is 1.23 bits per heavy atom. The normalized spacial score (nSPS) is 23.7. The summed E-state index contributed by atoms with van der Waals surface area (Å²) < 4.78 is 5.93. The number of ether oxygens (including phenoxy) is 1. The maximum atomic E-state index is 13.1. The molecule has 0 saturated carbocycles. The Morgan fingerprint density at radius 3 is 2.88 bits per heavy atom. The maximum absolute atomic E-state index is 13.1. The van der Waals surface area contributed by atoms with Gasteiger partial charge in [-0.2, -0.15) is 0 Å². The van der Waals surface area contributed by atoms with Gasteiger partial charge in [-0.3, -0.25) is 9.69 Å². The summed E-state index contributed by atoms with van der Waals surface area (Å²) in [4.78, 5) is 18.9. The molecule has 0 bridgehead atoms. The smallest absolute Gasteiger partial charge is 0.237 e. The van der Waals surface area contributed by atoms with Gasteiger partial charge in [-0.05, 0) is 35.4 Å². The fraction of sp³-hybridized carbons (Fsp3) is 0.476. The predicted octanol–water partition coefficient (Wildman–Crippen LogP) is 3.66. The molecule has 1 saturated heterocycles. The Bertz CT molecular complexity index is 745. The Morgan fingerprint density at radius 2 is 2.08 bits per heavy atom. The average molecular weight is 371 g/mol. The monoisotopic (exact) mass is 370 g/mol. The molecule has 138 valence electrons. The van der Waals surface area contributed by atoms with Crippen LogP contribution in [0.25, 0.3) is 0 Å². The molecule has 0 N–H and O–H groups in total. The van der Waals surface area contributed by atoms with Gasteiger partial charge >= 0.3 is 0 Å². The topological polar surface area (TPSA) is 32.8 Å². The molecule has 1 fully saturated rings. The van der Waals surface area contributed by atoms with Crippen LogP contribution in [0, 0.1) is 0 Å². The van der Waals surface area contributed by atoms with Crippen molar-refractivity contribution in [2.75, 3.05) is 32.8 Å². The first-order chi connectivity index (χ1) is 12.8. The van der Waals surface area contributed by atoms with E-state index < -0.39 is 0 Å². The number of fused-ring (bicyclic) bond motifs is 1. The highest BCUT2D eigenvalue weighted by Gasteiger charge is 2.32. The van der Waals surface area contributed by atoms with Crippen LogP contribution in [0.15, 0.2) is 41.8 Å². The third kappa shape index (κ3) is 3.56. The van der Waals surface area contributed by atoms with E-state index in [0.717, 1.165) is 32.5 Å². The molecule has 3 heterocycles. The molecule has 0 radical (unpaired) electrons. The zero-order valence-electron chi connectivity index (χ0n) is 15.3. The zero-order valence-corrected chi connectivity index (χ0v) is 16.1. The van der Waals surface area contributed by atoms with Crippen molar-refractivity contribution in [3.63, 3.8) is 0 Å². The van der Waals surface area contributed by atoms with Gasteiger partial charge in [0.05, 0.1) is 25.3 Å². The molecule has 2 aliphatic heterocycles. The highest BCUT2D eigenvalue weighted by Crippen LogP contribution is 2.35. The van der Waals surface area contributed by atoms with Gasteiger partial charge in [-0.25, -0.2) is 0 Å². The summed E-state index contributed by atoms with van der Waals surface area (Å²) in [5.74, 6) is 0.252. The number of benzene rings is 1. The van der Waals surface area contributed by atoms with Crippen molar-refractivity contribution >= 4 is 17.2 Å². The molecule has 2 aromatic rings. The van der Waals surface area contributed by atoms with E-state index >= 15 is 0 Å². The summed E-state index contributed by atoms with van der Waals surface area (Å²) >= 11 is 1.83. The number of hydrogen-bond acceptors (Lipinski definition) is 4. The lowest BCUT2D eigenvalue weighted by molar-refractivity contribution is -0.137. The van der Waals surface area contributed by atoms with Crippen molar-refractivity contribution < 1.29 is 9.53 Å². The standard InChI is InChI=1S/C21H26N2O2S/c1-2-18-17-9-13-26-20(17)8-10-23(18)21(24)15-22-11-12-25-19(14-22)16-6-4-3-5-7-16/h3-7,9,13,18-19H,2,8,10-12,14-15H2,1H3. The van der Waals surface area contributed by atoms with Crippen LogP contribution in [0.3, 0.4) is 0 Å². The minimum Gasteiger partial charge on any atom is -0.371 e. The molecule has 1 amide bonds. The molecular formula is C21H26N2O2S. The van der Waals surface area contributed by atoms with Gasteiger partial charge < -0.3 is 9.64 Å².